The second kappa shape index (κ2) is 5.52. The van der Waals surface area contributed by atoms with E-state index in [9.17, 15) is 14.9 Å². The average Bonchev–Trinajstić information content (AvgIpc) is 2.85. The number of carboxylic acids is 1. The number of hydrogen-bond acceptors (Lipinski definition) is 6. The molecule has 1 aromatic rings. The number of rotatable bonds is 4. The van der Waals surface area contributed by atoms with Crippen LogP contribution in [-0.4, -0.2) is 33.6 Å². The largest absolute Gasteiger partial charge is 0.481 e. The molecule has 1 N–H and O–H groups in total. The molecule has 0 saturated carbocycles. The lowest BCUT2D eigenvalue weighted by Gasteiger charge is -2.24. The van der Waals surface area contributed by atoms with Crippen LogP contribution >= 0.6 is 0 Å². The van der Waals surface area contributed by atoms with Crippen LogP contribution in [-0.2, 0) is 4.79 Å². The number of nitriles is 1. The highest BCUT2D eigenvalue weighted by Crippen LogP contribution is 2.28. The third-order valence-electron chi connectivity index (χ3n) is 3.24. The SMILES string of the molecule is N#Cc1nc(N2CCCC2CC(=O)O)ccc1[N+](=O)[O-]. The molecule has 0 aliphatic carbocycles. The summed E-state index contributed by atoms with van der Waals surface area (Å²) in [6.07, 6.45) is 1.55. The summed E-state index contributed by atoms with van der Waals surface area (Å²) >= 11 is 0. The van der Waals surface area contributed by atoms with Gasteiger partial charge in [0.15, 0.2) is 0 Å². The van der Waals surface area contributed by atoms with Crippen molar-refractivity contribution in [1.82, 2.24) is 4.98 Å². The fourth-order valence-corrected chi connectivity index (χ4v) is 2.38. The number of aliphatic carboxylic acids is 1. The van der Waals surface area contributed by atoms with Crippen molar-refractivity contribution in [2.75, 3.05) is 11.4 Å². The van der Waals surface area contributed by atoms with E-state index in [1.54, 1.807) is 11.0 Å². The molecule has 8 heteroatoms. The van der Waals surface area contributed by atoms with Crippen molar-refractivity contribution in [2.24, 2.45) is 0 Å². The van der Waals surface area contributed by atoms with Gasteiger partial charge in [0, 0.05) is 18.7 Å². The Morgan fingerprint density at radius 3 is 3.00 bits per heavy atom. The lowest BCUT2D eigenvalue weighted by molar-refractivity contribution is -0.385. The molecule has 0 amide bonds. The molecule has 2 heterocycles. The number of pyridine rings is 1. The second-order valence-electron chi connectivity index (χ2n) is 4.49. The van der Waals surface area contributed by atoms with Gasteiger partial charge in [0.2, 0.25) is 5.69 Å². The van der Waals surface area contributed by atoms with Crippen LogP contribution in [0.25, 0.3) is 0 Å². The van der Waals surface area contributed by atoms with Gasteiger partial charge in [0.1, 0.15) is 11.9 Å². The highest BCUT2D eigenvalue weighted by atomic mass is 16.6. The molecule has 1 saturated heterocycles. The van der Waals surface area contributed by atoms with E-state index in [1.165, 1.54) is 12.1 Å². The van der Waals surface area contributed by atoms with Gasteiger partial charge < -0.3 is 10.0 Å². The average molecular weight is 276 g/mol. The summed E-state index contributed by atoms with van der Waals surface area (Å²) in [4.78, 5) is 26.7. The topological polar surface area (TPSA) is 120 Å². The standard InChI is InChI=1S/C12H12N4O4/c13-7-9-10(16(19)20)3-4-11(14-9)15-5-1-2-8(15)6-12(17)18/h3-4,8H,1-2,5-6H2,(H,17,18). The van der Waals surface area contributed by atoms with Crippen LogP contribution < -0.4 is 4.90 Å². The molecule has 20 heavy (non-hydrogen) atoms. The Labute approximate surface area is 114 Å². The maximum absolute atomic E-state index is 10.8. The summed E-state index contributed by atoms with van der Waals surface area (Å²) in [5.41, 5.74) is -0.598. The van der Waals surface area contributed by atoms with E-state index in [1.807, 2.05) is 0 Å². The van der Waals surface area contributed by atoms with E-state index in [0.29, 0.717) is 12.4 Å². The van der Waals surface area contributed by atoms with Gasteiger partial charge in [-0.2, -0.15) is 5.26 Å². The van der Waals surface area contributed by atoms with Crippen LogP contribution in [0.3, 0.4) is 0 Å². The van der Waals surface area contributed by atoms with Crippen molar-refractivity contribution < 1.29 is 14.8 Å². The van der Waals surface area contributed by atoms with Crippen molar-refractivity contribution in [3.63, 3.8) is 0 Å². The molecule has 104 valence electrons. The monoisotopic (exact) mass is 276 g/mol. The molecule has 8 nitrogen and oxygen atoms in total. The Bertz CT molecular complexity index is 596. The van der Waals surface area contributed by atoms with Crippen molar-refractivity contribution in [2.45, 2.75) is 25.3 Å². The second-order valence-corrected chi connectivity index (χ2v) is 4.49. The Morgan fingerprint density at radius 2 is 2.40 bits per heavy atom. The van der Waals surface area contributed by atoms with E-state index < -0.39 is 10.9 Å². The molecule has 1 fully saturated rings. The summed E-state index contributed by atoms with van der Waals surface area (Å²) in [5, 5.41) is 28.5. The smallest absolute Gasteiger partial charge is 0.305 e. The van der Waals surface area contributed by atoms with Gasteiger partial charge in [-0.1, -0.05) is 0 Å². The van der Waals surface area contributed by atoms with Crippen LogP contribution in [0.5, 0.6) is 0 Å². The van der Waals surface area contributed by atoms with Crippen molar-refractivity contribution in [3.05, 3.63) is 27.9 Å². The van der Waals surface area contributed by atoms with Gasteiger partial charge in [-0.05, 0) is 18.9 Å². The molecule has 0 spiro atoms. The zero-order valence-corrected chi connectivity index (χ0v) is 10.5. The van der Waals surface area contributed by atoms with Gasteiger partial charge in [0.05, 0.1) is 11.3 Å². The van der Waals surface area contributed by atoms with Crippen LogP contribution in [0.4, 0.5) is 11.5 Å². The number of nitrogens with zero attached hydrogens (tertiary/aromatic N) is 4. The summed E-state index contributed by atoms with van der Waals surface area (Å²) in [7, 11) is 0. The van der Waals surface area contributed by atoms with Gasteiger partial charge in [-0.15, -0.1) is 0 Å². The number of hydrogen-bond donors (Lipinski definition) is 1. The zero-order chi connectivity index (χ0) is 14.7. The molecular formula is C12H12N4O4. The molecular weight excluding hydrogens is 264 g/mol. The van der Waals surface area contributed by atoms with Crippen LogP contribution in [0.15, 0.2) is 12.1 Å². The molecule has 2 rings (SSSR count). The highest BCUT2D eigenvalue weighted by molar-refractivity contribution is 5.68. The summed E-state index contributed by atoms with van der Waals surface area (Å²) in [6.45, 7) is 0.633. The van der Waals surface area contributed by atoms with Crippen molar-refractivity contribution >= 4 is 17.5 Å². The van der Waals surface area contributed by atoms with Crippen molar-refractivity contribution in [1.29, 1.82) is 5.26 Å². The lowest BCUT2D eigenvalue weighted by atomic mass is 10.1. The minimum atomic E-state index is -0.899. The fourth-order valence-electron chi connectivity index (χ4n) is 2.38. The molecule has 1 aliphatic rings. The molecule has 0 aromatic carbocycles. The van der Waals surface area contributed by atoms with E-state index >= 15 is 0 Å². The predicted octanol–water partition coefficient (Wildman–Crippen LogP) is 1.30. The number of anilines is 1. The Balaban J connectivity index is 2.31. The maximum Gasteiger partial charge on any atom is 0.305 e. The van der Waals surface area contributed by atoms with Gasteiger partial charge in [0.25, 0.3) is 0 Å². The Hall–Kier alpha value is -2.69. The van der Waals surface area contributed by atoms with E-state index in [2.05, 4.69) is 4.98 Å². The maximum atomic E-state index is 10.8. The minimum Gasteiger partial charge on any atom is -0.481 e. The van der Waals surface area contributed by atoms with E-state index in [-0.39, 0.29) is 23.8 Å². The molecule has 1 atom stereocenters. The zero-order valence-electron chi connectivity index (χ0n) is 10.5. The number of nitro groups is 1. The minimum absolute atomic E-state index is 0.0133. The Morgan fingerprint density at radius 1 is 1.65 bits per heavy atom. The first-order chi connectivity index (χ1) is 9.52. The third kappa shape index (κ3) is 2.66. The number of carboxylic acid groups (broad SMARTS) is 1. The summed E-state index contributed by atoms with van der Waals surface area (Å²) in [6, 6.07) is 4.20. The van der Waals surface area contributed by atoms with E-state index in [0.717, 1.165) is 12.8 Å². The molecule has 1 unspecified atom stereocenters. The molecule has 1 aliphatic heterocycles. The van der Waals surface area contributed by atoms with Crippen LogP contribution in [0.1, 0.15) is 25.0 Å². The Kier molecular flexibility index (Phi) is 3.79. The van der Waals surface area contributed by atoms with E-state index in [4.69, 9.17) is 10.4 Å². The first-order valence-corrected chi connectivity index (χ1v) is 6.07. The number of aromatic nitrogens is 1. The highest BCUT2D eigenvalue weighted by Gasteiger charge is 2.29. The van der Waals surface area contributed by atoms with Crippen molar-refractivity contribution in [3.8, 4) is 6.07 Å². The molecule has 0 radical (unpaired) electrons. The normalized spacial score (nSPS) is 17.8. The first kappa shape index (κ1) is 13.7. The summed E-state index contributed by atoms with van der Waals surface area (Å²) in [5.74, 6) is -0.486. The predicted molar refractivity (Wildman–Crippen MR) is 68.2 cm³/mol. The van der Waals surface area contributed by atoms with Gasteiger partial charge >= 0.3 is 11.7 Å². The lowest BCUT2D eigenvalue weighted by Crippen LogP contribution is -2.32. The van der Waals surface area contributed by atoms with Gasteiger partial charge in [-0.3, -0.25) is 14.9 Å². The quantitative estimate of drug-likeness (QED) is 0.649. The first-order valence-electron chi connectivity index (χ1n) is 6.07. The number of carbonyl (C=O) groups is 1. The van der Waals surface area contributed by atoms with Crippen LogP contribution in [0, 0.1) is 21.4 Å². The third-order valence-corrected chi connectivity index (χ3v) is 3.24. The van der Waals surface area contributed by atoms with Gasteiger partial charge in [-0.25, -0.2) is 4.98 Å². The molecule has 1 aromatic heterocycles. The molecule has 0 bridgehead atoms. The summed E-state index contributed by atoms with van der Waals surface area (Å²) < 4.78 is 0. The fraction of sp³-hybridized carbons (Fsp3) is 0.417. The van der Waals surface area contributed by atoms with Crippen LogP contribution in [0.2, 0.25) is 0 Å².